The van der Waals surface area contributed by atoms with E-state index < -0.39 is 0 Å². The van der Waals surface area contributed by atoms with Crippen LogP contribution in [0.4, 0.5) is 8.78 Å². The van der Waals surface area contributed by atoms with E-state index in [0.717, 1.165) is 24.9 Å². The molecule has 2 aromatic carbocycles. The Kier molecular flexibility index (Phi) is 5.11. The van der Waals surface area contributed by atoms with Gasteiger partial charge in [0.05, 0.1) is 13.2 Å². The number of ether oxygens (including phenoxy) is 1. The fourth-order valence-electron chi connectivity index (χ4n) is 3.65. The molecule has 24 heavy (non-hydrogen) atoms. The third-order valence-corrected chi connectivity index (χ3v) is 4.74. The third-order valence-electron chi connectivity index (χ3n) is 4.74. The van der Waals surface area contributed by atoms with Crippen LogP contribution in [0.25, 0.3) is 0 Å². The summed E-state index contributed by atoms with van der Waals surface area (Å²) in [6, 6.07) is 11.0. The Bertz CT molecular complexity index is 708. The minimum absolute atomic E-state index is 0.0938. The summed E-state index contributed by atoms with van der Waals surface area (Å²) in [4.78, 5) is 0. The van der Waals surface area contributed by atoms with E-state index in [1.54, 1.807) is 30.3 Å². The van der Waals surface area contributed by atoms with Crippen LogP contribution >= 0.6 is 0 Å². The van der Waals surface area contributed by atoms with E-state index in [2.05, 4.69) is 0 Å². The quantitative estimate of drug-likeness (QED) is 0.865. The Morgan fingerprint density at radius 3 is 2.75 bits per heavy atom. The molecule has 0 amide bonds. The van der Waals surface area contributed by atoms with Crippen molar-refractivity contribution in [2.45, 2.75) is 25.3 Å². The molecule has 3 rings (SSSR count). The van der Waals surface area contributed by atoms with Gasteiger partial charge in [0.25, 0.3) is 0 Å². The van der Waals surface area contributed by atoms with Gasteiger partial charge in [0.1, 0.15) is 17.4 Å². The SMILES string of the molecule is COc1ccc(F)cc1C[C@H]1CCCN(N)[C@H]1c1ccccc1F. The summed E-state index contributed by atoms with van der Waals surface area (Å²) in [6.07, 6.45) is 2.43. The zero-order valence-electron chi connectivity index (χ0n) is 13.7. The fraction of sp³-hybridized carbons (Fsp3) is 0.368. The van der Waals surface area contributed by atoms with Crippen molar-refractivity contribution in [1.29, 1.82) is 0 Å². The van der Waals surface area contributed by atoms with Gasteiger partial charge in [0.15, 0.2) is 0 Å². The number of hydrogen-bond acceptors (Lipinski definition) is 3. The van der Waals surface area contributed by atoms with Crippen LogP contribution in [0.1, 0.15) is 30.0 Å². The second kappa shape index (κ2) is 7.28. The normalized spacial score (nSPS) is 21.7. The number of piperidine rings is 1. The van der Waals surface area contributed by atoms with Crippen molar-refractivity contribution in [3.05, 3.63) is 65.2 Å². The van der Waals surface area contributed by atoms with Crippen LogP contribution < -0.4 is 10.6 Å². The third kappa shape index (κ3) is 3.42. The first-order chi connectivity index (χ1) is 11.6. The first-order valence-electron chi connectivity index (χ1n) is 8.18. The molecular weight excluding hydrogens is 310 g/mol. The lowest BCUT2D eigenvalue weighted by atomic mass is 9.81. The lowest BCUT2D eigenvalue weighted by Gasteiger charge is -2.39. The van der Waals surface area contributed by atoms with Crippen molar-refractivity contribution in [3.8, 4) is 5.75 Å². The Hall–Kier alpha value is -1.98. The lowest BCUT2D eigenvalue weighted by Crippen LogP contribution is -2.44. The van der Waals surface area contributed by atoms with Gasteiger partial charge in [0, 0.05) is 12.1 Å². The Morgan fingerprint density at radius 2 is 2.00 bits per heavy atom. The predicted molar refractivity (Wildman–Crippen MR) is 89.4 cm³/mol. The van der Waals surface area contributed by atoms with Gasteiger partial charge in [-0.3, -0.25) is 5.84 Å². The van der Waals surface area contributed by atoms with Crippen molar-refractivity contribution in [1.82, 2.24) is 5.01 Å². The topological polar surface area (TPSA) is 38.5 Å². The highest BCUT2D eigenvalue weighted by atomic mass is 19.1. The molecule has 2 aromatic rings. The largest absolute Gasteiger partial charge is 0.496 e. The number of benzene rings is 2. The van der Waals surface area contributed by atoms with Gasteiger partial charge in [-0.1, -0.05) is 18.2 Å². The number of halogens is 2. The second-order valence-corrected chi connectivity index (χ2v) is 6.27. The molecule has 1 aliphatic rings. The van der Waals surface area contributed by atoms with E-state index in [0.29, 0.717) is 17.7 Å². The number of hydrazine groups is 1. The van der Waals surface area contributed by atoms with Gasteiger partial charge in [-0.05, 0) is 55.0 Å². The summed E-state index contributed by atoms with van der Waals surface area (Å²) in [6.45, 7) is 0.718. The number of rotatable bonds is 4. The number of nitrogens with two attached hydrogens (primary N) is 1. The van der Waals surface area contributed by atoms with E-state index in [1.807, 2.05) is 6.07 Å². The van der Waals surface area contributed by atoms with Crippen LogP contribution in [0.5, 0.6) is 5.75 Å². The molecule has 128 valence electrons. The number of hydrogen-bond donors (Lipinski definition) is 1. The maximum atomic E-state index is 14.3. The van der Waals surface area contributed by atoms with Gasteiger partial charge in [-0.25, -0.2) is 13.8 Å². The van der Waals surface area contributed by atoms with Gasteiger partial charge in [-0.15, -0.1) is 0 Å². The summed E-state index contributed by atoms with van der Waals surface area (Å²) < 4.78 is 33.3. The summed E-state index contributed by atoms with van der Waals surface area (Å²) in [5, 5.41) is 1.71. The molecule has 3 nitrogen and oxygen atoms in total. The molecule has 1 saturated heterocycles. The first kappa shape index (κ1) is 16.9. The number of methoxy groups -OCH3 is 1. The zero-order valence-corrected chi connectivity index (χ0v) is 13.7. The van der Waals surface area contributed by atoms with Gasteiger partial charge >= 0.3 is 0 Å². The fourth-order valence-corrected chi connectivity index (χ4v) is 3.65. The molecule has 0 radical (unpaired) electrons. The van der Waals surface area contributed by atoms with Crippen molar-refractivity contribution in [2.24, 2.45) is 11.8 Å². The lowest BCUT2D eigenvalue weighted by molar-refractivity contribution is 0.0895. The number of nitrogens with zero attached hydrogens (tertiary/aromatic N) is 1. The van der Waals surface area contributed by atoms with E-state index in [9.17, 15) is 8.78 Å². The standard InChI is InChI=1S/C19H22F2N2O/c1-24-18-9-8-15(20)12-14(18)11-13-5-4-10-23(22)19(13)16-6-2-3-7-17(16)21/h2-3,6-9,12-13,19H,4-5,10-11,22H2,1H3/t13-,19-/m1/s1. The van der Waals surface area contributed by atoms with Crippen molar-refractivity contribution in [2.75, 3.05) is 13.7 Å². The maximum Gasteiger partial charge on any atom is 0.128 e. The Balaban J connectivity index is 1.93. The average Bonchev–Trinajstić information content (AvgIpc) is 2.56. The molecule has 0 aromatic heterocycles. The molecular formula is C19H22F2N2O. The summed E-state index contributed by atoms with van der Waals surface area (Å²) >= 11 is 0. The molecule has 5 heteroatoms. The molecule has 0 unspecified atom stereocenters. The van der Waals surface area contributed by atoms with Crippen LogP contribution in [-0.4, -0.2) is 18.7 Å². The van der Waals surface area contributed by atoms with Crippen LogP contribution in [0.2, 0.25) is 0 Å². The molecule has 1 heterocycles. The molecule has 2 N–H and O–H groups in total. The molecule has 1 aliphatic heterocycles. The molecule has 2 atom stereocenters. The maximum absolute atomic E-state index is 14.3. The van der Waals surface area contributed by atoms with Crippen LogP contribution in [-0.2, 0) is 6.42 Å². The monoisotopic (exact) mass is 332 g/mol. The summed E-state index contributed by atoms with van der Waals surface area (Å²) in [7, 11) is 1.57. The molecule has 0 spiro atoms. The van der Waals surface area contributed by atoms with Gasteiger partial charge in [-0.2, -0.15) is 0 Å². The van der Waals surface area contributed by atoms with Gasteiger partial charge in [0.2, 0.25) is 0 Å². The predicted octanol–water partition coefficient (Wildman–Crippen LogP) is 3.84. The van der Waals surface area contributed by atoms with Crippen molar-refractivity contribution >= 4 is 0 Å². The average molecular weight is 332 g/mol. The Morgan fingerprint density at radius 1 is 1.21 bits per heavy atom. The second-order valence-electron chi connectivity index (χ2n) is 6.27. The molecule has 0 aliphatic carbocycles. The van der Waals surface area contributed by atoms with E-state index >= 15 is 0 Å². The zero-order chi connectivity index (χ0) is 17.1. The Labute approximate surface area is 141 Å². The summed E-state index contributed by atoms with van der Waals surface area (Å²) in [5.74, 6) is 6.38. The van der Waals surface area contributed by atoms with Crippen LogP contribution in [0, 0.1) is 17.6 Å². The highest BCUT2D eigenvalue weighted by Crippen LogP contribution is 2.38. The first-order valence-corrected chi connectivity index (χ1v) is 8.18. The van der Waals surface area contributed by atoms with Crippen LogP contribution in [0.3, 0.4) is 0 Å². The van der Waals surface area contributed by atoms with E-state index in [4.69, 9.17) is 10.6 Å². The van der Waals surface area contributed by atoms with Crippen LogP contribution in [0.15, 0.2) is 42.5 Å². The minimum Gasteiger partial charge on any atom is -0.496 e. The molecule has 0 saturated carbocycles. The van der Waals surface area contributed by atoms with Crippen molar-refractivity contribution < 1.29 is 13.5 Å². The molecule has 0 bridgehead atoms. The van der Waals surface area contributed by atoms with Gasteiger partial charge < -0.3 is 4.74 Å². The highest BCUT2D eigenvalue weighted by Gasteiger charge is 2.33. The minimum atomic E-state index is -0.298. The van der Waals surface area contributed by atoms with E-state index in [-0.39, 0.29) is 23.6 Å². The smallest absolute Gasteiger partial charge is 0.128 e. The summed E-state index contributed by atoms with van der Waals surface area (Å²) in [5.41, 5.74) is 1.39. The highest BCUT2D eigenvalue weighted by molar-refractivity contribution is 5.35. The van der Waals surface area contributed by atoms with E-state index in [1.165, 1.54) is 18.2 Å². The van der Waals surface area contributed by atoms with Crippen molar-refractivity contribution in [3.63, 3.8) is 0 Å². The molecule has 1 fully saturated rings.